The van der Waals surface area contributed by atoms with Crippen LogP contribution in [0.3, 0.4) is 0 Å². The molecule has 0 saturated carbocycles. The number of rotatable bonds is 5. The number of carboxylic acid groups (broad SMARTS) is 1. The van der Waals surface area contributed by atoms with Gasteiger partial charge in [0.25, 0.3) is 0 Å². The topological polar surface area (TPSA) is 78.4 Å². The fourth-order valence-electron chi connectivity index (χ4n) is 1.85. The van der Waals surface area contributed by atoms with Gasteiger partial charge in [-0.15, -0.1) is 0 Å². The van der Waals surface area contributed by atoms with Crippen LogP contribution in [0, 0.1) is 19.3 Å². The summed E-state index contributed by atoms with van der Waals surface area (Å²) >= 11 is 0. The molecule has 0 saturated heterocycles. The molecule has 1 atom stereocenters. The highest BCUT2D eigenvalue weighted by atomic mass is 16.4. The van der Waals surface area contributed by atoms with E-state index in [1.807, 2.05) is 32.0 Å². The zero-order chi connectivity index (χ0) is 15.3. The van der Waals surface area contributed by atoms with Crippen LogP contribution in [-0.2, 0) is 4.79 Å². The molecule has 5 heteroatoms. The summed E-state index contributed by atoms with van der Waals surface area (Å²) in [5.41, 5.74) is 1.88. The lowest BCUT2D eigenvalue weighted by atomic mass is 9.88. The molecule has 0 heterocycles. The van der Waals surface area contributed by atoms with E-state index in [4.69, 9.17) is 5.11 Å². The van der Waals surface area contributed by atoms with Gasteiger partial charge in [-0.3, -0.25) is 4.79 Å². The van der Waals surface area contributed by atoms with Gasteiger partial charge in [0.05, 0.1) is 5.41 Å². The van der Waals surface area contributed by atoms with Crippen LogP contribution >= 0.6 is 0 Å². The molecule has 110 valence electrons. The molecule has 0 aromatic heterocycles. The van der Waals surface area contributed by atoms with E-state index < -0.39 is 17.4 Å². The van der Waals surface area contributed by atoms with E-state index in [0.717, 1.165) is 11.1 Å². The minimum absolute atomic E-state index is 0.0927. The predicted octanol–water partition coefficient (Wildman–Crippen LogP) is 2.93. The molecule has 0 aliphatic heterocycles. The number of carboxylic acids is 1. The van der Waals surface area contributed by atoms with Crippen LogP contribution in [0.4, 0.5) is 10.5 Å². The molecule has 0 aliphatic rings. The number of hydrogen-bond donors (Lipinski definition) is 3. The van der Waals surface area contributed by atoms with Crippen LogP contribution in [0.25, 0.3) is 0 Å². The van der Waals surface area contributed by atoms with Gasteiger partial charge in [0, 0.05) is 12.2 Å². The van der Waals surface area contributed by atoms with Crippen molar-refractivity contribution in [3.8, 4) is 0 Å². The van der Waals surface area contributed by atoms with Crippen molar-refractivity contribution in [2.75, 3.05) is 11.9 Å². The minimum atomic E-state index is -0.945. The maximum atomic E-state index is 11.8. The van der Waals surface area contributed by atoms with E-state index in [-0.39, 0.29) is 6.54 Å². The zero-order valence-electron chi connectivity index (χ0n) is 12.4. The molecule has 0 aliphatic carbocycles. The first-order chi connectivity index (χ1) is 9.26. The molecule has 2 amide bonds. The SMILES string of the molecule is CCC(C)(CNC(=O)Nc1cc(C)cc(C)c1)C(=O)O. The Hall–Kier alpha value is -2.04. The Balaban J connectivity index is 2.62. The third kappa shape index (κ3) is 4.26. The number of nitrogens with one attached hydrogen (secondary N) is 2. The van der Waals surface area contributed by atoms with Gasteiger partial charge in [0.1, 0.15) is 0 Å². The highest BCUT2D eigenvalue weighted by molar-refractivity contribution is 5.90. The number of benzene rings is 1. The van der Waals surface area contributed by atoms with E-state index in [0.29, 0.717) is 12.1 Å². The number of aryl methyl sites for hydroxylation is 2. The van der Waals surface area contributed by atoms with Crippen LogP contribution < -0.4 is 10.6 Å². The van der Waals surface area contributed by atoms with Gasteiger partial charge in [-0.25, -0.2) is 4.79 Å². The van der Waals surface area contributed by atoms with Gasteiger partial charge in [-0.05, 0) is 50.5 Å². The summed E-state index contributed by atoms with van der Waals surface area (Å²) in [7, 11) is 0. The maximum absolute atomic E-state index is 11.8. The summed E-state index contributed by atoms with van der Waals surface area (Å²) in [5.74, 6) is -0.910. The normalized spacial score (nSPS) is 13.4. The van der Waals surface area contributed by atoms with Crippen LogP contribution in [0.5, 0.6) is 0 Å². The lowest BCUT2D eigenvalue weighted by Crippen LogP contribution is -2.42. The highest BCUT2D eigenvalue weighted by Crippen LogP contribution is 2.20. The average molecular weight is 278 g/mol. The van der Waals surface area contributed by atoms with Crippen molar-refractivity contribution in [1.29, 1.82) is 0 Å². The first-order valence-electron chi connectivity index (χ1n) is 6.63. The Labute approximate surface area is 119 Å². The number of urea groups is 1. The Bertz CT molecular complexity index is 494. The quantitative estimate of drug-likeness (QED) is 0.775. The van der Waals surface area contributed by atoms with E-state index in [1.165, 1.54) is 0 Å². The van der Waals surface area contributed by atoms with Crippen LogP contribution in [-0.4, -0.2) is 23.7 Å². The molecule has 1 rings (SSSR count). The molecule has 1 aromatic rings. The van der Waals surface area contributed by atoms with Crippen molar-refractivity contribution in [2.24, 2.45) is 5.41 Å². The number of anilines is 1. The van der Waals surface area contributed by atoms with E-state index >= 15 is 0 Å². The largest absolute Gasteiger partial charge is 0.481 e. The molecule has 20 heavy (non-hydrogen) atoms. The highest BCUT2D eigenvalue weighted by Gasteiger charge is 2.31. The first kappa shape index (κ1) is 16.0. The average Bonchev–Trinajstić information content (AvgIpc) is 2.34. The molecule has 0 bridgehead atoms. The Morgan fingerprint density at radius 2 is 1.75 bits per heavy atom. The summed E-state index contributed by atoms with van der Waals surface area (Å²) in [6.45, 7) is 7.41. The summed E-state index contributed by atoms with van der Waals surface area (Å²) in [5, 5.41) is 14.5. The summed E-state index contributed by atoms with van der Waals surface area (Å²) in [6, 6.07) is 5.35. The third-order valence-corrected chi connectivity index (χ3v) is 3.42. The summed E-state index contributed by atoms with van der Waals surface area (Å²) < 4.78 is 0. The first-order valence-corrected chi connectivity index (χ1v) is 6.63. The van der Waals surface area contributed by atoms with Gasteiger partial charge >= 0.3 is 12.0 Å². The third-order valence-electron chi connectivity index (χ3n) is 3.42. The van der Waals surface area contributed by atoms with Crippen molar-refractivity contribution >= 4 is 17.7 Å². The number of hydrogen-bond acceptors (Lipinski definition) is 2. The van der Waals surface area contributed by atoms with Crippen molar-refractivity contribution in [2.45, 2.75) is 34.1 Å². The smallest absolute Gasteiger partial charge is 0.319 e. The number of aliphatic carboxylic acids is 1. The van der Waals surface area contributed by atoms with Crippen LogP contribution in [0.2, 0.25) is 0 Å². The van der Waals surface area contributed by atoms with Crippen molar-refractivity contribution < 1.29 is 14.7 Å². The molecule has 1 unspecified atom stereocenters. The van der Waals surface area contributed by atoms with E-state index in [9.17, 15) is 9.59 Å². The van der Waals surface area contributed by atoms with Gasteiger partial charge < -0.3 is 15.7 Å². The van der Waals surface area contributed by atoms with Crippen LogP contribution in [0.15, 0.2) is 18.2 Å². The maximum Gasteiger partial charge on any atom is 0.319 e. The number of carbonyl (C=O) groups is 2. The number of amides is 2. The molecule has 0 fully saturated rings. The lowest BCUT2D eigenvalue weighted by molar-refractivity contribution is -0.147. The molecule has 1 aromatic carbocycles. The zero-order valence-corrected chi connectivity index (χ0v) is 12.4. The predicted molar refractivity (Wildman–Crippen MR) is 79.0 cm³/mol. The van der Waals surface area contributed by atoms with Gasteiger partial charge in [0.15, 0.2) is 0 Å². The van der Waals surface area contributed by atoms with Crippen molar-refractivity contribution in [3.63, 3.8) is 0 Å². The summed E-state index contributed by atoms with van der Waals surface area (Å²) in [4.78, 5) is 22.9. The molecular weight excluding hydrogens is 256 g/mol. The second-order valence-corrected chi connectivity index (χ2v) is 5.40. The molecule has 0 radical (unpaired) electrons. The fraction of sp³-hybridized carbons (Fsp3) is 0.467. The second kappa shape index (κ2) is 6.41. The molecule has 0 spiro atoms. The van der Waals surface area contributed by atoms with Gasteiger partial charge in [-0.2, -0.15) is 0 Å². The standard InChI is InChI=1S/C15H22N2O3/c1-5-15(4,13(18)19)9-16-14(20)17-12-7-10(2)6-11(3)8-12/h6-8H,5,9H2,1-4H3,(H,18,19)(H2,16,17,20). The fourth-order valence-corrected chi connectivity index (χ4v) is 1.85. The Kier molecular flexibility index (Phi) is 5.13. The monoisotopic (exact) mass is 278 g/mol. The van der Waals surface area contributed by atoms with E-state index in [1.54, 1.807) is 13.8 Å². The Morgan fingerprint density at radius 3 is 2.20 bits per heavy atom. The minimum Gasteiger partial charge on any atom is -0.481 e. The molecular formula is C15H22N2O3. The Morgan fingerprint density at radius 1 is 1.20 bits per heavy atom. The van der Waals surface area contributed by atoms with Gasteiger partial charge in [-0.1, -0.05) is 13.0 Å². The van der Waals surface area contributed by atoms with Crippen LogP contribution in [0.1, 0.15) is 31.4 Å². The van der Waals surface area contributed by atoms with E-state index in [2.05, 4.69) is 10.6 Å². The molecule has 3 N–H and O–H groups in total. The lowest BCUT2D eigenvalue weighted by Gasteiger charge is -2.23. The number of carbonyl (C=O) groups excluding carboxylic acids is 1. The summed E-state index contributed by atoms with van der Waals surface area (Å²) in [6.07, 6.45) is 0.451. The van der Waals surface area contributed by atoms with Crippen molar-refractivity contribution in [3.05, 3.63) is 29.3 Å². The molecule has 5 nitrogen and oxygen atoms in total. The van der Waals surface area contributed by atoms with Gasteiger partial charge in [0.2, 0.25) is 0 Å². The second-order valence-electron chi connectivity index (χ2n) is 5.40. The van der Waals surface area contributed by atoms with Crippen molar-refractivity contribution in [1.82, 2.24) is 5.32 Å².